The number of imide groups is 1. The van der Waals surface area contributed by atoms with E-state index >= 15 is 0 Å². The van der Waals surface area contributed by atoms with Crippen molar-refractivity contribution in [3.63, 3.8) is 0 Å². The SMILES string of the molecule is Cc1ccc(Cl)cc1N1CC[NH+](CC(=O)NC(=O)NC2CC2)CC1. The number of anilines is 1. The van der Waals surface area contributed by atoms with Gasteiger partial charge in [0.05, 0.1) is 26.2 Å². The largest absolute Gasteiger partial charge is 0.360 e. The molecule has 0 aromatic heterocycles. The first-order valence-electron chi connectivity index (χ1n) is 8.46. The summed E-state index contributed by atoms with van der Waals surface area (Å²) in [6, 6.07) is 5.82. The van der Waals surface area contributed by atoms with Crippen LogP contribution in [-0.4, -0.2) is 50.7 Å². The topological polar surface area (TPSA) is 65.9 Å². The number of nitrogens with one attached hydrogen (secondary N) is 3. The van der Waals surface area contributed by atoms with Crippen LogP contribution in [0.1, 0.15) is 18.4 Å². The van der Waals surface area contributed by atoms with Crippen LogP contribution in [0.15, 0.2) is 18.2 Å². The fraction of sp³-hybridized carbons (Fsp3) is 0.529. The van der Waals surface area contributed by atoms with Gasteiger partial charge >= 0.3 is 6.03 Å². The average Bonchev–Trinajstić information content (AvgIpc) is 3.34. The van der Waals surface area contributed by atoms with Gasteiger partial charge in [-0.25, -0.2) is 4.79 Å². The normalized spacial score (nSPS) is 18.3. The maximum Gasteiger partial charge on any atom is 0.321 e. The minimum atomic E-state index is -0.366. The number of hydrogen-bond donors (Lipinski definition) is 3. The number of halogens is 1. The zero-order valence-corrected chi connectivity index (χ0v) is 14.7. The third kappa shape index (κ3) is 4.61. The standard InChI is InChI=1S/C17H23ClN4O2/c1-12-2-3-13(18)10-15(12)22-8-6-21(7-9-22)11-16(23)20-17(24)19-14-4-5-14/h2-3,10,14H,4-9,11H2,1H3,(H2,19,20,23,24)/p+1. The predicted octanol–water partition coefficient (Wildman–Crippen LogP) is 0.342. The van der Waals surface area contributed by atoms with Crippen LogP contribution in [0.2, 0.25) is 5.02 Å². The number of quaternary nitrogens is 1. The van der Waals surface area contributed by atoms with E-state index in [9.17, 15) is 9.59 Å². The zero-order valence-electron chi connectivity index (χ0n) is 13.9. The summed E-state index contributed by atoms with van der Waals surface area (Å²) in [5.74, 6) is -0.212. The molecule has 2 fully saturated rings. The summed E-state index contributed by atoms with van der Waals surface area (Å²) in [6.07, 6.45) is 2.02. The second kappa shape index (κ2) is 7.40. The molecule has 1 aliphatic heterocycles. The molecule has 0 spiro atoms. The quantitative estimate of drug-likeness (QED) is 0.733. The molecule has 0 radical (unpaired) electrons. The van der Waals surface area contributed by atoms with Crippen LogP contribution in [0, 0.1) is 6.92 Å². The van der Waals surface area contributed by atoms with Gasteiger partial charge in [-0.3, -0.25) is 10.1 Å². The smallest absolute Gasteiger partial charge is 0.321 e. The minimum absolute atomic E-state index is 0.212. The fourth-order valence-electron chi connectivity index (χ4n) is 3.01. The van der Waals surface area contributed by atoms with Gasteiger partial charge in [-0.15, -0.1) is 0 Å². The number of aryl methyl sites for hydroxylation is 1. The Balaban J connectivity index is 1.45. The van der Waals surface area contributed by atoms with Gasteiger partial charge in [0.1, 0.15) is 0 Å². The average molecular weight is 352 g/mol. The van der Waals surface area contributed by atoms with Gasteiger partial charge in [-0.1, -0.05) is 17.7 Å². The molecule has 0 bridgehead atoms. The van der Waals surface area contributed by atoms with Gasteiger partial charge < -0.3 is 15.1 Å². The van der Waals surface area contributed by atoms with Crippen molar-refractivity contribution < 1.29 is 14.5 Å². The van der Waals surface area contributed by atoms with E-state index in [-0.39, 0.29) is 18.0 Å². The monoisotopic (exact) mass is 351 g/mol. The van der Waals surface area contributed by atoms with Gasteiger partial charge in [0.2, 0.25) is 0 Å². The van der Waals surface area contributed by atoms with E-state index in [0.29, 0.717) is 6.54 Å². The second-order valence-corrected chi connectivity index (χ2v) is 7.08. The molecule has 3 rings (SSSR count). The molecule has 24 heavy (non-hydrogen) atoms. The number of carbonyl (C=O) groups excluding carboxylic acids is 2. The number of benzene rings is 1. The number of nitrogens with zero attached hydrogens (tertiary/aromatic N) is 1. The van der Waals surface area contributed by atoms with Gasteiger partial charge in [0.25, 0.3) is 5.91 Å². The first-order valence-corrected chi connectivity index (χ1v) is 8.84. The Morgan fingerprint density at radius 2 is 2.00 bits per heavy atom. The van der Waals surface area contributed by atoms with E-state index in [1.165, 1.54) is 10.5 Å². The third-order valence-electron chi connectivity index (χ3n) is 4.56. The molecular formula is C17H24ClN4O2+. The Labute approximate surface area is 147 Å². The molecule has 1 saturated heterocycles. The molecule has 1 aromatic carbocycles. The highest BCUT2D eigenvalue weighted by Gasteiger charge is 2.26. The second-order valence-electron chi connectivity index (χ2n) is 6.64. The number of amides is 3. The first kappa shape index (κ1) is 17.0. The van der Waals surface area contributed by atoms with Crippen LogP contribution in [0.5, 0.6) is 0 Å². The van der Waals surface area contributed by atoms with Crippen molar-refractivity contribution in [3.05, 3.63) is 28.8 Å². The summed E-state index contributed by atoms with van der Waals surface area (Å²) in [5.41, 5.74) is 2.37. The maximum absolute atomic E-state index is 12.0. The highest BCUT2D eigenvalue weighted by molar-refractivity contribution is 6.30. The van der Waals surface area contributed by atoms with Crippen molar-refractivity contribution in [2.24, 2.45) is 0 Å². The first-order chi connectivity index (χ1) is 11.5. The van der Waals surface area contributed by atoms with E-state index in [1.807, 2.05) is 18.2 Å². The van der Waals surface area contributed by atoms with Crippen molar-refractivity contribution in [2.75, 3.05) is 37.6 Å². The predicted molar refractivity (Wildman–Crippen MR) is 93.7 cm³/mol. The molecule has 0 atom stereocenters. The van der Waals surface area contributed by atoms with Crippen LogP contribution in [0.3, 0.4) is 0 Å². The van der Waals surface area contributed by atoms with Gasteiger partial charge in [-0.05, 0) is 37.5 Å². The van der Waals surface area contributed by atoms with E-state index in [0.717, 1.165) is 49.7 Å². The van der Waals surface area contributed by atoms with E-state index in [4.69, 9.17) is 11.6 Å². The number of hydrogen-bond acceptors (Lipinski definition) is 3. The Hall–Kier alpha value is -1.79. The number of urea groups is 1. The van der Waals surface area contributed by atoms with Crippen molar-refractivity contribution >= 4 is 29.2 Å². The highest BCUT2D eigenvalue weighted by atomic mass is 35.5. The molecular weight excluding hydrogens is 328 g/mol. The van der Waals surface area contributed by atoms with Crippen molar-refractivity contribution in [2.45, 2.75) is 25.8 Å². The molecule has 0 unspecified atom stereocenters. The van der Waals surface area contributed by atoms with Crippen LogP contribution in [0.4, 0.5) is 10.5 Å². The van der Waals surface area contributed by atoms with Crippen molar-refractivity contribution in [1.29, 1.82) is 0 Å². The van der Waals surface area contributed by atoms with E-state index in [1.54, 1.807) is 0 Å². The van der Waals surface area contributed by atoms with E-state index < -0.39 is 0 Å². The minimum Gasteiger partial charge on any atom is -0.360 e. The van der Waals surface area contributed by atoms with Crippen LogP contribution in [0.25, 0.3) is 0 Å². The Morgan fingerprint density at radius 1 is 1.29 bits per heavy atom. The molecule has 7 heteroatoms. The molecule has 2 aliphatic rings. The lowest BCUT2D eigenvalue weighted by Crippen LogP contribution is -3.16. The van der Waals surface area contributed by atoms with Crippen molar-refractivity contribution in [3.8, 4) is 0 Å². The van der Waals surface area contributed by atoms with Crippen LogP contribution >= 0.6 is 11.6 Å². The van der Waals surface area contributed by atoms with Crippen molar-refractivity contribution in [1.82, 2.24) is 10.6 Å². The number of piperazine rings is 1. The molecule has 1 aliphatic carbocycles. The fourth-order valence-corrected chi connectivity index (χ4v) is 3.18. The van der Waals surface area contributed by atoms with Gasteiger partial charge in [-0.2, -0.15) is 0 Å². The Bertz CT molecular complexity index is 625. The zero-order chi connectivity index (χ0) is 17.1. The molecule has 130 valence electrons. The third-order valence-corrected chi connectivity index (χ3v) is 4.79. The molecule has 1 saturated carbocycles. The lowest BCUT2D eigenvalue weighted by atomic mass is 10.1. The highest BCUT2D eigenvalue weighted by Crippen LogP contribution is 2.24. The number of carbonyl (C=O) groups is 2. The lowest BCUT2D eigenvalue weighted by Gasteiger charge is -2.34. The molecule has 1 heterocycles. The molecule has 3 amide bonds. The van der Waals surface area contributed by atoms with Crippen LogP contribution < -0.4 is 20.4 Å². The molecule has 3 N–H and O–H groups in total. The summed E-state index contributed by atoms with van der Waals surface area (Å²) >= 11 is 6.10. The maximum atomic E-state index is 12.0. The summed E-state index contributed by atoms with van der Waals surface area (Å²) in [6.45, 7) is 5.89. The van der Waals surface area contributed by atoms with Gasteiger partial charge in [0.15, 0.2) is 6.54 Å². The summed E-state index contributed by atoms with van der Waals surface area (Å²) in [7, 11) is 0. The summed E-state index contributed by atoms with van der Waals surface area (Å²) in [5, 5.41) is 5.92. The Kier molecular flexibility index (Phi) is 5.26. The molecule has 6 nitrogen and oxygen atoms in total. The number of rotatable bonds is 4. The van der Waals surface area contributed by atoms with Gasteiger partial charge in [0, 0.05) is 16.8 Å². The lowest BCUT2D eigenvalue weighted by molar-refractivity contribution is -0.892. The van der Waals surface area contributed by atoms with E-state index in [2.05, 4.69) is 22.5 Å². The summed E-state index contributed by atoms with van der Waals surface area (Å²) in [4.78, 5) is 27.0. The molecule has 1 aromatic rings. The van der Waals surface area contributed by atoms with Crippen LogP contribution in [-0.2, 0) is 4.79 Å². The Morgan fingerprint density at radius 3 is 2.67 bits per heavy atom. The summed E-state index contributed by atoms with van der Waals surface area (Å²) < 4.78 is 0.